The zero-order valence-corrected chi connectivity index (χ0v) is 20.0. The molecule has 0 radical (unpaired) electrons. The molecule has 0 fully saturated rings. The molecule has 12 heteroatoms. The van der Waals surface area contributed by atoms with Crippen LogP contribution in [0.25, 0.3) is 0 Å². The quantitative estimate of drug-likeness (QED) is 0.211. The average molecular weight is 488 g/mol. The molecule has 0 saturated carbocycles. The first-order chi connectivity index (χ1) is 16.8. The topological polar surface area (TPSA) is 160 Å². The molecule has 35 heavy (non-hydrogen) atoms. The van der Waals surface area contributed by atoms with E-state index in [9.17, 15) is 19.8 Å². The lowest BCUT2D eigenvalue weighted by Crippen LogP contribution is -2.37. The molecule has 2 amide bonds. The molecule has 0 aliphatic heterocycles. The molecule has 0 spiro atoms. The summed E-state index contributed by atoms with van der Waals surface area (Å²) in [5.74, 6) is -1.97. The second-order valence-electron chi connectivity index (χ2n) is 6.98. The van der Waals surface area contributed by atoms with E-state index in [1.54, 1.807) is 6.92 Å². The van der Waals surface area contributed by atoms with Gasteiger partial charge in [0.25, 0.3) is 11.8 Å². The number of benzene rings is 2. The third-order valence-corrected chi connectivity index (χ3v) is 4.82. The Hall–Kier alpha value is -4.48. The van der Waals surface area contributed by atoms with Crippen LogP contribution in [-0.4, -0.2) is 62.9 Å². The van der Waals surface area contributed by atoms with Crippen LogP contribution in [0.4, 0.5) is 0 Å². The molecule has 0 unspecified atom stereocenters. The number of amides is 2. The van der Waals surface area contributed by atoms with Crippen molar-refractivity contribution >= 4 is 24.2 Å². The van der Waals surface area contributed by atoms with Crippen molar-refractivity contribution in [2.45, 2.75) is 13.3 Å². The predicted molar refractivity (Wildman–Crippen MR) is 128 cm³/mol. The summed E-state index contributed by atoms with van der Waals surface area (Å²) in [5, 5.41) is 27.6. The summed E-state index contributed by atoms with van der Waals surface area (Å²) in [6, 6.07) is 6.00. The standard InChI is InChI=1S/C23H28N4O8/c1-6-15(22(30)26-24-11-13-7-16(32-2)20(28)17(8-13)33-3)23(31)27-25-12-14-9-18(34-4)21(29)19(10-14)35-5/h7-12,15,28-29H,6H2,1-5H3,(H,26,30)(H,27,31)/b24-11+,25-12+. The van der Waals surface area contributed by atoms with Gasteiger partial charge in [-0.05, 0) is 30.7 Å². The van der Waals surface area contributed by atoms with Gasteiger partial charge in [-0.15, -0.1) is 0 Å². The Morgan fingerprint density at radius 1 is 0.771 bits per heavy atom. The Balaban J connectivity index is 2.04. The molecule has 2 rings (SSSR count). The number of carbonyl (C=O) groups is 2. The zero-order chi connectivity index (χ0) is 26.0. The van der Waals surface area contributed by atoms with Gasteiger partial charge < -0.3 is 29.2 Å². The van der Waals surface area contributed by atoms with E-state index in [0.29, 0.717) is 11.1 Å². The second kappa shape index (κ2) is 12.7. The molecule has 0 heterocycles. The third-order valence-electron chi connectivity index (χ3n) is 4.82. The van der Waals surface area contributed by atoms with E-state index in [0.717, 1.165) is 0 Å². The van der Waals surface area contributed by atoms with Crippen LogP contribution in [0.1, 0.15) is 24.5 Å². The van der Waals surface area contributed by atoms with Crippen molar-refractivity contribution in [1.82, 2.24) is 10.9 Å². The zero-order valence-electron chi connectivity index (χ0n) is 20.0. The Morgan fingerprint density at radius 3 is 1.34 bits per heavy atom. The summed E-state index contributed by atoms with van der Waals surface area (Å²) >= 11 is 0. The maximum Gasteiger partial charge on any atom is 0.252 e. The predicted octanol–water partition coefficient (Wildman–Crippen LogP) is 1.76. The molecule has 188 valence electrons. The monoisotopic (exact) mass is 488 g/mol. The van der Waals surface area contributed by atoms with Gasteiger partial charge in [0.05, 0.1) is 40.9 Å². The van der Waals surface area contributed by atoms with Gasteiger partial charge >= 0.3 is 0 Å². The van der Waals surface area contributed by atoms with Gasteiger partial charge in [-0.1, -0.05) is 6.92 Å². The number of aromatic hydroxyl groups is 2. The molecule has 0 bridgehead atoms. The van der Waals surface area contributed by atoms with Crippen LogP contribution in [0.15, 0.2) is 34.5 Å². The molecule has 0 aliphatic rings. The van der Waals surface area contributed by atoms with Crippen molar-refractivity contribution in [2.24, 2.45) is 16.1 Å². The molecule has 0 aromatic heterocycles. The lowest BCUT2D eigenvalue weighted by atomic mass is 10.1. The van der Waals surface area contributed by atoms with E-state index in [4.69, 9.17) is 18.9 Å². The largest absolute Gasteiger partial charge is 0.502 e. The summed E-state index contributed by atoms with van der Waals surface area (Å²) in [7, 11) is 5.55. The maximum atomic E-state index is 12.5. The van der Waals surface area contributed by atoms with E-state index in [2.05, 4.69) is 21.1 Å². The van der Waals surface area contributed by atoms with Gasteiger partial charge in [0.1, 0.15) is 5.92 Å². The third kappa shape index (κ3) is 6.76. The first-order valence-electron chi connectivity index (χ1n) is 10.3. The highest BCUT2D eigenvalue weighted by Gasteiger charge is 2.24. The number of hydrogen-bond acceptors (Lipinski definition) is 10. The first-order valence-corrected chi connectivity index (χ1v) is 10.3. The van der Waals surface area contributed by atoms with E-state index < -0.39 is 17.7 Å². The lowest BCUT2D eigenvalue weighted by molar-refractivity contribution is -0.135. The molecular formula is C23H28N4O8. The summed E-state index contributed by atoms with van der Waals surface area (Å²) in [4.78, 5) is 24.9. The minimum absolute atomic E-state index is 0.163. The van der Waals surface area contributed by atoms with E-state index in [1.165, 1.54) is 65.1 Å². The van der Waals surface area contributed by atoms with Gasteiger partial charge in [0.15, 0.2) is 23.0 Å². The minimum Gasteiger partial charge on any atom is -0.502 e. The second-order valence-corrected chi connectivity index (χ2v) is 6.98. The highest BCUT2D eigenvalue weighted by Crippen LogP contribution is 2.37. The normalized spacial score (nSPS) is 11.0. The molecule has 0 aliphatic carbocycles. The van der Waals surface area contributed by atoms with Crippen LogP contribution in [0.2, 0.25) is 0 Å². The highest BCUT2D eigenvalue weighted by atomic mass is 16.5. The molecule has 2 aromatic rings. The molecule has 4 N–H and O–H groups in total. The number of methoxy groups -OCH3 is 4. The Morgan fingerprint density at radius 2 is 1.09 bits per heavy atom. The number of hydrogen-bond donors (Lipinski definition) is 4. The number of rotatable bonds is 11. The summed E-state index contributed by atoms with van der Waals surface area (Å²) < 4.78 is 20.3. The Labute approximate surface area is 202 Å². The van der Waals surface area contributed by atoms with Crippen LogP contribution in [0.3, 0.4) is 0 Å². The number of phenols is 2. The van der Waals surface area contributed by atoms with Crippen molar-refractivity contribution in [1.29, 1.82) is 0 Å². The van der Waals surface area contributed by atoms with Gasteiger partial charge in [0.2, 0.25) is 11.5 Å². The Bertz CT molecular complexity index is 981. The van der Waals surface area contributed by atoms with E-state index in [-0.39, 0.29) is 40.9 Å². The summed E-state index contributed by atoms with van der Waals surface area (Å²) in [5.41, 5.74) is 5.59. The van der Waals surface area contributed by atoms with Crippen LogP contribution in [0.5, 0.6) is 34.5 Å². The SMILES string of the molecule is CCC(C(=O)N/N=C/c1cc(OC)c(O)c(OC)c1)C(=O)N/N=C/c1cc(OC)c(O)c(OC)c1. The van der Waals surface area contributed by atoms with Crippen LogP contribution >= 0.6 is 0 Å². The fraction of sp³-hybridized carbons (Fsp3) is 0.304. The number of phenolic OH excluding ortho intramolecular Hbond substituents is 2. The van der Waals surface area contributed by atoms with Crippen LogP contribution in [0, 0.1) is 5.92 Å². The number of ether oxygens (including phenoxy) is 4. The van der Waals surface area contributed by atoms with Crippen molar-refractivity contribution in [3.8, 4) is 34.5 Å². The summed E-state index contributed by atoms with van der Waals surface area (Å²) in [6.45, 7) is 1.67. The lowest BCUT2D eigenvalue weighted by Gasteiger charge is -2.11. The minimum atomic E-state index is -1.06. The molecule has 0 atom stereocenters. The fourth-order valence-corrected chi connectivity index (χ4v) is 2.96. The number of hydrazone groups is 2. The van der Waals surface area contributed by atoms with E-state index >= 15 is 0 Å². The van der Waals surface area contributed by atoms with Crippen molar-refractivity contribution in [2.75, 3.05) is 28.4 Å². The number of nitrogens with one attached hydrogen (secondary N) is 2. The summed E-state index contributed by atoms with van der Waals surface area (Å²) in [6.07, 6.45) is 2.83. The average Bonchev–Trinajstić information content (AvgIpc) is 2.85. The van der Waals surface area contributed by atoms with Gasteiger partial charge in [-0.25, -0.2) is 10.9 Å². The number of carbonyl (C=O) groups excluding carboxylic acids is 2. The smallest absolute Gasteiger partial charge is 0.252 e. The Kier molecular flexibility index (Phi) is 9.70. The van der Waals surface area contributed by atoms with Gasteiger partial charge in [-0.3, -0.25) is 9.59 Å². The van der Waals surface area contributed by atoms with Gasteiger partial charge in [0, 0.05) is 11.1 Å². The fourth-order valence-electron chi connectivity index (χ4n) is 2.96. The van der Waals surface area contributed by atoms with Crippen molar-refractivity contribution in [3.05, 3.63) is 35.4 Å². The maximum absolute atomic E-state index is 12.5. The molecular weight excluding hydrogens is 460 g/mol. The van der Waals surface area contributed by atoms with E-state index in [1.807, 2.05) is 0 Å². The molecule has 12 nitrogen and oxygen atoms in total. The molecule has 2 aromatic carbocycles. The highest BCUT2D eigenvalue weighted by molar-refractivity contribution is 6.00. The molecule has 0 saturated heterocycles. The van der Waals surface area contributed by atoms with Crippen LogP contribution < -0.4 is 29.8 Å². The first kappa shape index (κ1) is 26.8. The number of nitrogens with zero attached hydrogens (tertiary/aromatic N) is 2. The van der Waals surface area contributed by atoms with Crippen molar-refractivity contribution < 1.29 is 38.7 Å². The van der Waals surface area contributed by atoms with Crippen molar-refractivity contribution in [3.63, 3.8) is 0 Å². The van der Waals surface area contributed by atoms with Gasteiger partial charge in [-0.2, -0.15) is 10.2 Å². The van der Waals surface area contributed by atoms with Crippen LogP contribution in [-0.2, 0) is 9.59 Å².